The first-order valence-corrected chi connectivity index (χ1v) is 10.5. The Hall–Kier alpha value is -3.88. The third-order valence-corrected chi connectivity index (χ3v) is 5.39. The molecule has 34 heavy (non-hydrogen) atoms. The molecule has 3 aromatic rings. The number of hydrogen-bond acceptors (Lipinski definition) is 5. The fraction of sp³-hybridized carbons (Fsp3) is 0.0417. The number of halogens is 3. The van der Waals surface area contributed by atoms with Gasteiger partial charge in [-0.2, -0.15) is 0 Å². The van der Waals surface area contributed by atoms with Gasteiger partial charge in [0.2, 0.25) is 0 Å². The molecule has 172 valence electrons. The van der Waals surface area contributed by atoms with E-state index in [0.29, 0.717) is 11.3 Å². The zero-order valence-corrected chi connectivity index (χ0v) is 18.8. The molecule has 7 nitrogen and oxygen atoms in total. The van der Waals surface area contributed by atoms with E-state index in [4.69, 9.17) is 32.4 Å². The standard InChI is InChI=1S/C24H15Cl2FN2O5/c1-2-9-33-24(32)16-10-13(3-6-18(16)25)21-8-5-15(34-21)12-17-22(30)28-29(23(17)31)14-4-7-20(27)19(26)11-14/h2-8,10-12H,1,9H2,(H,28,30)/b17-12+. The molecule has 1 aromatic heterocycles. The average Bonchev–Trinajstić information content (AvgIpc) is 3.40. The van der Waals surface area contributed by atoms with Gasteiger partial charge in [0.25, 0.3) is 11.8 Å². The SMILES string of the molecule is C=CCOC(=O)c1cc(-c2ccc(/C=C3\C(=O)NN(c4ccc(F)c(Cl)c4)C3=O)o2)ccc1Cl. The minimum atomic E-state index is -0.665. The van der Waals surface area contributed by atoms with Crippen LogP contribution in [0.4, 0.5) is 10.1 Å². The molecule has 1 N–H and O–H groups in total. The molecule has 1 aliphatic heterocycles. The molecule has 4 rings (SSSR count). The summed E-state index contributed by atoms with van der Waals surface area (Å²) < 4.78 is 24.2. The summed E-state index contributed by atoms with van der Waals surface area (Å²) in [4.78, 5) is 37.3. The fourth-order valence-electron chi connectivity index (χ4n) is 3.14. The monoisotopic (exact) mass is 500 g/mol. The molecule has 1 fully saturated rings. The summed E-state index contributed by atoms with van der Waals surface area (Å²) in [7, 11) is 0. The van der Waals surface area contributed by atoms with E-state index in [1.54, 1.807) is 18.2 Å². The summed E-state index contributed by atoms with van der Waals surface area (Å²) in [6, 6.07) is 11.5. The second kappa shape index (κ2) is 9.54. The van der Waals surface area contributed by atoms with Crippen molar-refractivity contribution in [1.29, 1.82) is 0 Å². The Bertz CT molecular complexity index is 1370. The van der Waals surface area contributed by atoms with Gasteiger partial charge in [0.05, 0.1) is 21.3 Å². The molecule has 0 saturated carbocycles. The first-order valence-electron chi connectivity index (χ1n) is 9.78. The van der Waals surface area contributed by atoms with Gasteiger partial charge in [-0.1, -0.05) is 35.9 Å². The number of carbonyl (C=O) groups is 3. The predicted molar refractivity (Wildman–Crippen MR) is 125 cm³/mol. The van der Waals surface area contributed by atoms with Crippen molar-refractivity contribution in [2.24, 2.45) is 0 Å². The predicted octanol–water partition coefficient (Wildman–Crippen LogP) is 5.20. The molecular formula is C24H15Cl2FN2O5. The normalized spacial score (nSPS) is 14.4. The zero-order chi connectivity index (χ0) is 24.4. The molecule has 0 radical (unpaired) electrons. The number of amides is 2. The summed E-state index contributed by atoms with van der Waals surface area (Å²) >= 11 is 11.9. The van der Waals surface area contributed by atoms with E-state index in [0.717, 1.165) is 11.1 Å². The number of benzene rings is 2. The maximum absolute atomic E-state index is 13.4. The van der Waals surface area contributed by atoms with Crippen LogP contribution < -0.4 is 10.4 Å². The molecule has 2 heterocycles. The molecule has 1 aliphatic rings. The Balaban J connectivity index is 1.59. The lowest BCUT2D eigenvalue weighted by Gasteiger charge is -2.14. The highest BCUT2D eigenvalue weighted by Gasteiger charge is 2.35. The minimum Gasteiger partial charge on any atom is -0.458 e. The van der Waals surface area contributed by atoms with Crippen LogP contribution in [0.25, 0.3) is 17.4 Å². The van der Waals surface area contributed by atoms with Crippen LogP contribution in [0, 0.1) is 5.82 Å². The highest BCUT2D eigenvalue weighted by Crippen LogP contribution is 2.30. The van der Waals surface area contributed by atoms with Gasteiger partial charge in [-0.15, -0.1) is 0 Å². The van der Waals surface area contributed by atoms with Gasteiger partial charge in [-0.25, -0.2) is 14.2 Å². The molecule has 0 bridgehead atoms. The highest BCUT2D eigenvalue weighted by atomic mass is 35.5. The second-order valence-electron chi connectivity index (χ2n) is 7.02. The van der Waals surface area contributed by atoms with Crippen LogP contribution >= 0.6 is 23.2 Å². The number of ether oxygens (including phenoxy) is 1. The first kappa shape index (κ1) is 23.3. The van der Waals surface area contributed by atoms with Crippen molar-refractivity contribution in [2.45, 2.75) is 0 Å². The van der Waals surface area contributed by atoms with Crippen molar-refractivity contribution in [1.82, 2.24) is 5.43 Å². The molecule has 0 atom stereocenters. The van der Waals surface area contributed by atoms with Crippen LogP contribution in [-0.4, -0.2) is 24.4 Å². The summed E-state index contributed by atoms with van der Waals surface area (Å²) in [5.41, 5.74) is 3.09. The highest BCUT2D eigenvalue weighted by molar-refractivity contribution is 6.34. The minimum absolute atomic E-state index is 0.0368. The number of nitrogens with one attached hydrogen (secondary N) is 1. The van der Waals surface area contributed by atoms with Crippen molar-refractivity contribution in [3.8, 4) is 11.3 Å². The summed E-state index contributed by atoms with van der Waals surface area (Å²) in [5.74, 6) is -2.00. The Morgan fingerprint density at radius 2 is 1.91 bits per heavy atom. The Morgan fingerprint density at radius 3 is 2.65 bits per heavy atom. The molecule has 0 spiro atoms. The molecular weight excluding hydrogens is 486 g/mol. The number of hydrogen-bond donors (Lipinski definition) is 1. The quantitative estimate of drug-likeness (QED) is 0.217. The topological polar surface area (TPSA) is 88.9 Å². The maximum Gasteiger partial charge on any atom is 0.339 e. The van der Waals surface area contributed by atoms with Gasteiger partial charge in [0.1, 0.15) is 29.5 Å². The van der Waals surface area contributed by atoms with Crippen LogP contribution in [0.2, 0.25) is 10.0 Å². The Kier molecular flexibility index (Phi) is 6.54. The summed E-state index contributed by atoms with van der Waals surface area (Å²) in [6.07, 6.45) is 2.72. The molecule has 2 aromatic carbocycles. The van der Waals surface area contributed by atoms with Crippen molar-refractivity contribution >= 4 is 52.7 Å². The lowest BCUT2D eigenvalue weighted by atomic mass is 10.1. The van der Waals surface area contributed by atoms with Crippen LogP contribution in [0.5, 0.6) is 0 Å². The summed E-state index contributed by atoms with van der Waals surface area (Å²) in [6.45, 7) is 3.53. The van der Waals surface area contributed by atoms with Crippen LogP contribution in [0.1, 0.15) is 16.1 Å². The average molecular weight is 501 g/mol. The number of nitrogens with zero attached hydrogens (tertiary/aromatic N) is 1. The largest absolute Gasteiger partial charge is 0.458 e. The number of rotatable bonds is 6. The van der Waals surface area contributed by atoms with E-state index < -0.39 is 23.6 Å². The van der Waals surface area contributed by atoms with Crippen LogP contribution in [0.15, 0.2) is 71.2 Å². The van der Waals surface area contributed by atoms with E-state index >= 15 is 0 Å². The molecule has 1 saturated heterocycles. The van der Waals surface area contributed by atoms with Gasteiger partial charge in [-0.05, 0) is 54.6 Å². The number of carbonyl (C=O) groups excluding carboxylic acids is 3. The third-order valence-electron chi connectivity index (χ3n) is 4.77. The smallest absolute Gasteiger partial charge is 0.339 e. The van der Waals surface area contributed by atoms with E-state index in [1.807, 2.05) is 0 Å². The molecule has 2 amide bonds. The number of furan rings is 1. The van der Waals surface area contributed by atoms with Gasteiger partial charge in [-0.3, -0.25) is 15.0 Å². The lowest BCUT2D eigenvalue weighted by Crippen LogP contribution is -2.35. The van der Waals surface area contributed by atoms with Crippen LogP contribution in [0.3, 0.4) is 0 Å². The van der Waals surface area contributed by atoms with Gasteiger partial charge < -0.3 is 9.15 Å². The van der Waals surface area contributed by atoms with Crippen molar-refractivity contribution in [3.05, 3.63) is 93.9 Å². The van der Waals surface area contributed by atoms with Gasteiger partial charge in [0.15, 0.2) is 0 Å². The van der Waals surface area contributed by atoms with Gasteiger partial charge in [0, 0.05) is 5.56 Å². The van der Waals surface area contributed by atoms with Crippen molar-refractivity contribution in [3.63, 3.8) is 0 Å². The Morgan fingerprint density at radius 1 is 1.12 bits per heavy atom. The lowest BCUT2D eigenvalue weighted by molar-refractivity contribution is -0.117. The Labute approximate surface area is 203 Å². The van der Waals surface area contributed by atoms with E-state index in [9.17, 15) is 18.8 Å². The zero-order valence-electron chi connectivity index (χ0n) is 17.3. The number of hydrazine groups is 1. The first-order chi connectivity index (χ1) is 16.3. The van der Waals surface area contributed by atoms with E-state index in [1.165, 1.54) is 36.4 Å². The molecule has 0 unspecified atom stereocenters. The van der Waals surface area contributed by atoms with E-state index in [-0.39, 0.29) is 39.2 Å². The van der Waals surface area contributed by atoms with E-state index in [2.05, 4.69) is 12.0 Å². The number of anilines is 1. The third kappa shape index (κ3) is 4.59. The molecule has 10 heteroatoms. The van der Waals surface area contributed by atoms with Crippen LogP contribution in [-0.2, 0) is 14.3 Å². The van der Waals surface area contributed by atoms with Crippen molar-refractivity contribution in [2.75, 3.05) is 11.6 Å². The molecule has 0 aliphatic carbocycles. The van der Waals surface area contributed by atoms with Gasteiger partial charge >= 0.3 is 5.97 Å². The maximum atomic E-state index is 13.4. The van der Waals surface area contributed by atoms with Crippen molar-refractivity contribution < 1.29 is 27.9 Å². The number of esters is 1. The second-order valence-corrected chi connectivity index (χ2v) is 7.84. The summed E-state index contributed by atoms with van der Waals surface area (Å²) in [5, 5.41) is 0.980. The fourth-order valence-corrected chi connectivity index (χ4v) is 3.51.